The van der Waals surface area contributed by atoms with E-state index in [0.29, 0.717) is 12.5 Å². The van der Waals surface area contributed by atoms with Crippen LogP contribution in [0.5, 0.6) is 0 Å². The van der Waals surface area contributed by atoms with E-state index in [-0.39, 0.29) is 11.6 Å². The first-order chi connectivity index (χ1) is 5.08. The van der Waals surface area contributed by atoms with Crippen molar-refractivity contribution in [1.29, 1.82) is 0 Å². The van der Waals surface area contributed by atoms with Gasteiger partial charge in [-0.25, -0.2) is 0 Å². The van der Waals surface area contributed by atoms with Crippen LogP contribution in [-0.2, 0) is 9.47 Å². The lowest BCUT2D eigenvalue weighted by atomic mass is 9.87. The fourth-order valence-corrected chi connectivity index (χ4v) is 1.57. The van der Waals surface area contributed by atoms with Gasteiger partial charge in [-0.05, 0) is 19.3 Å². The zero-order chi connectivity index (χ0) is 8.48. The molecular formula is C8H15BO2. The van der Waals surface area contributed by atoms with Gasteiger partial charge in [0.1, 0.15) is 7.85 Å². The molecule has 1 aliphatic heterocycles. The third-order valence-corrected chi connectivity index (χ3v) is 2.48. The molecule has 1 rings (SSSR count). The van der Waals surface area contributed by atoms with Crippen LogP contribution in [0.3, 0.4) is 0 Å². The molecule has 1 aliphatic rings. The van der Waals surface area contributed by atoms with Crippen molar-refractivity contribution in [3.63, 3.8) is 0 Å². The van der Waals surface area contributed by atoms with Crippen molar-refractivity contribution in [2.45, 2.75) is 31.9 Å². The second kappa shape index (κ2) is 3.15. The predicted octanol–water partition coefficient (Wildman–Crippen LogP) is 0.942. The van der Waals surface area contributed by atoms with Gasteiger partial charge in [0, 0.05) is 13.1 Å². The fraction of sp³-hybridized carbons (Fsp3) is 1.00. The molecule has 0 amide bonds. The first-order valence-corrected chi connectivity index (χ1v) is 4.01. The van der Waals surface area contributed by atoms with Crippen LogP contribution in [0.15, 0.2) is 0 Å². The normalized spacial score (nSPS) is 44.6. The summed E-state index contributed by atoms with van der Waals surface area (Å²) in [6, 6.07) is -0.106. The van der Waals surface area contributed by atoms with Crippen molar-refractivity contribution in [3.05, 3.63) is 0 Å². The maximum Gasteiger partial charge on any atom is 0.109 e. The van der Waals surface area contributed by atoms with Gasteiger partial charge in [0.15, 0.2) is 0 Å². The molecule has 3 atom stereocenters. The van der Waals surface area contributed by atoms with Gasteiger partial charge in [-0.2, -0.15) is 0 Å². The van der Waals surface area contributed by atoms with Crippen molar-refractivity contribution in [2.75, 3.05) is 13.7 Å². The molecule has 2 nitrogen and oxygen atoms in total. The molecule has 0 bridgehead atoms. The zero-order valence-corrected chi connectivity index (χ0v) is 7.46. The second-order valence-electron chi connectivity index (χ2n) is 3.54. The lowest BCUT2D eigenvalue weighted by molar-refractivity contribution is -0.0660. The van der Waals surface area contributed by atoms with Crippen molar-refractivity contribution in [2.24, 2.45) is 5.92 Å². The summed E-state index contributed by atoms with van der Waals surface area (Å²) in [6.45, 7) is 4.82. The molecule has 1 fully saturated rings. The summed E-state index contributed by atoms with van der Waals surface area (Å²) in [5, 5.41) is 0. The molecule has 3 heteroatoms. The number of rotatable bonds is 2. The Bertz CT molecular complexity index is 140. The molecule has 0 aliphatic carbocycles. The summed E-state index contributed by atoms with van der Waals surface area (Å²) < 4.78 is 10.6. The molecule has 0 unspecified atom stereocenters. The summed E-state index contributed by atoms with van der Waals surface area (Å²) in [4.78, 5) is 0. The molecular weight excluding hydrogens is 139 g/mol. The molecule has 0 saturated carbocycles. The monoisotopic (exact) mass is 154 g/mol. The number of ether oxygens (including phenoxy) is 2. The predicted molar refractivity (Wildman–Crippen MR) is 44.7 cm³/mol. The van der Waals surface area contributed by atoms with Crippen LogP contribution in [0.25, 0.3) is 0 Å². The molecule has 0 aromatic rings. The smallest absolute Gasteiger partial charge is 0.109 e. The van der Waals surface area contributed by atoms with Crippen LogP contribution in [0.4, 0.5) is 0 Å². The Labute approximate surface area is 69.7 Å². The Balaban J connectivity index is 2.55. The van der Waals surface area contributed by atoms with Crippen LogP contribution in [0.1, 0.15) is 20.3 Å². The minimum atomic E-state index is -0.172. The largest absolute Gasteiger partial charge is 0.382 e. The van der Waals surface area contributed by atoms with Crippen molar-refractivity contribution < 1.29 is 9.47 Å². The summed E-state index contributed by atoms with van der Waals surface area (Å²) in [6.07, 6.45) is 0.930. The highest BCUT2D eigenvalue weighted by atomic mass is 16.5. The van der Waals surface area contributed by atoms with E-state index in [1.807, 2.05) is 6.92 Å². The standard InChI is InChI=1S/C8H15BO2/c1-6-4-7(9)11-8(6,2)5-10-3/h6-7H,4-5H2,1-3H3/t6-,7+,8+/m0/s1. The second-order valence-corrected chi connectivity index (χ2v) is 3.54. The summed E-state index contributed by atoms with van der Waals surface area (Å²) >= 11 is 0. The molecule has 0 spiro atoms. The molecule has 11 heavy (non-hydrogen) atoms. The third-order valence-electron chi connectivity index (χ3n) is 2.48. The molecule has 0 aromatic carbocycles. The van der Waals surface area contributed by atoms with Gasteiger partial charge in [-0.15, -0.1) is 0 Å². The quantitative estimate of drug-likeness (QED) is 0.551. The van der Waals surface area contributed by atoms with E-state index < -0.39 is 0 Å². The van der Waals surface area contributed by atoms with Crippen LogP contribution in [-0.4, -0.2) is 33.2 Å². The Morgan fingerprint density at radius 3 is 2.73 bits per heavy atom. The molecule has 0 aromatic heterocycles. The number of hydrogen-bond acceptors (Lipinski definition) is 2. The lowest BCUT2D eigenvalue weighted by Crippen LogP contribution is -2.35. The van der Waals surface area contributed by atoms with Crippen molar-refractivity contribution >= 4 is 7.85 Å². The van der Waals surface area contributed by atoms with Crippen molar-refractivity contribution in [1.82, 2.24) is 0 Å². The van der Waals surface area contributed by atoms with Gasteiger partial charge in [0.2, 0.25) is 0 Å². The summed E-state index contributed by atoms with van der Waals surface area (Å²) in [5.74, 6) is 0.484. The molecule has 1 saturated heterocycles. The Morgan fingerprint density at radius 2 is 2.36 bits per heavy atom. The maximum absolute atomic E-state index is 5.65. The average Bonchev–Trinajstić information content (AvgIpc) is 2.08. The summed E-state index contributed by atoms with van der Waals surface area (Å²) in [5.41, 5.74) is -0.172. The lowest BCUT2D eigenvalue weighted by Gasteiger charge is -2.27. The van der Waals surface area contributed by atoms with Crippen LogP contribution >= 0.6 is 0 Å². The summed E-state index contributed by atoms with van der Waals surface area (Å²) in [7, 11) is 7.34. The van der Waals surface area contributed by atoms with Gasteiger partial charge >= 0.3 is 0 Å². The maximum atomic E-state index is 5.65. The average molecular weight is 154 g/mol. The minimum Gasteiger partial charge on any atom is -0.382 e. The van der Waals surface area contributed by atoms with Gasteiger partial charge in [-0.3, -0.25) is 0 Å². The first kappa shape index (κ1) is 9.08. The first-order valence-electron chi connectivity index (χ1n) is 4.01. The third kappa shape index (κ3) is 1.77. The van der Waals surface area contributed by atoms with Crippen LogP contribution in [0, 0.1) is 5.92 Å². The Hall–Kier alpha value is -0.0151. The van der Waals surface area contributed by atoms with E-state index in [2.05, 4.69) is 6.92 Å². The molecule has 62 valence electrons. The van der Waals surface area contributed by atoms with Gasteiger partial charge < -0.3 is 9.47 Å². The van der Waals surface area contributed by atoms with E-state index in [1.54, 1.807) is 7.11 Å². The van der Waals surface area contributed by atoms with Gasteiger partial charge in [-0.1, -0.05) is 6.92 Å². The molecule has 2 radical (unpaired) electrons. The van der Waals surface area contributed by atoms with E-state index in [4.69, 9.17) is 17.3 Å². The molecule has 1 heterocycles. The van der Waals surface area contributed by atoms with E-state index in [0.717, 1.165) is 6.42 Å². The van der Waals surface area contributed by atoms with Gasteiger partial charge in [0.05, 0.1) is 12.2 Å². The van der Waals surface area contributed by atoms with Crippen LogP contribution < -0.4 is 0 Å². The van der Waals surface area contributed by atoms with Gasteiger partial charge in [0.25, 0.3) is 0 Å². The minimum absolute atomic E-state index is 0.106. The highest BCUT2D eigenvalue weighted by Crippen LogP contribution is 2.34. The Kier molecular flexibility index (Phi) is 2.60. The molecule has 0 N–H and O–H groups in total. The van der Waals surface area contributed by atoms with Crippen LogP contribution in [0.2, 0.25) is 0 Å². The van der Waals surface area contributed by atoms with E-state index in [9.17, 15) is 0 Å². The topological polar surface area (TPSA) is 18.5 Å². The Morgan fingerprint density at radius 1 is 1.73 bits per heavy atom. The highest BCUT2D eigenvalue weighted by molar-refractivity contribution is 6.11. The highest BCUT2D eigenvalue weighted by Gasteiger charge is 2.40. The van der Waals surface area contributed by atoms with E-state index >= 15 is 0 Å². The zero-order valence-electron chi connectivity index (χ0n) is 7.46. The van der Waals surface area contributed by atoms with E-state index in [1.165, 1.54) is 0 Å². The fourth-order valence-electron chi connectivity index (χ4n) is 1.57. The number of methoxy groups -OCH3 is 1. The van der Waals surface area contributed by atoms with Crippen molar-refractivity contribution in [3.8, 4) is 0 Å². The SMILES string of the molecule is [B][C@H]1C[C@H](C)[C@@](C)(COC)O1. The number of hydrogen-bond donors (Lipinski definition) is 0.